The summed E-state index contributed by atoms with van der Waals surface area (Å²) in [6.07, 6.45) is 2.94. The summed E-state index contributed by atoms with van der Waals surface area (Å²) in [5, 5.41) is 0. The fraction of sp³-hybridized carbons (Fsp3) is 0.429. The lowest BCUT2D eigenvalue weighted by Crippen LogP contribution is -2.11. The maximum absolute atomic E-state index is 5.87. The van der Waals surface area contributed by atoms with Crippen LogP contribution in [0.15, 0.2) is 24.8 Å². The lowest BCUT2D eigenvalue weighted by molar-refractivity contribution is 0.203. The quantitative estimate of drug-likeness (QED) is 0.723. The SMILES string of the molecule is C=Cc1cccc(OCC)c1OC(C)CC. The second-order valence-electron chi connectivity index (χ2n) is 3.65. The Hall–Kier alpha value is -1.44. The number of hydrogen-bond acceptors (Lipinski definition) is 2. The Bertz CT molecular complexity index is 345. The average molecular weight is 220 g/mol. The zero-order valence-electron chi connectivity index (χ0n) is 10.3. The fourth-order valence-corrected chi connectivity index (χ4v) is 1.37. The van der Waals surface area contributed by atoms with Crippen LogP contribution in [-0.4, -0.2) is 12.7 Å². The molecule has 0 heterocycles. The molecule has 1 aromatic carbocycles. The van der Waals surface area contributed by atoms with E-state index in [-0.39, 0.29) is 6.10 Å². The highest BCUT2D eigenvalue weighted by molar-refractivity contribution is 5.61. The van der Waals surface area contributed by atoms with E-state index >= 15 is 0 Å². The summed E-state index contributed by atoms with van der Waals surface area (Å²) >= 11 is 0. The standard InChI is InChI=1S/C14H20O2/c1-5-11(4)16-14-12(6-2)9-8-10-13(14)15-7-3/h6,8-11H,2,5,7H2,1,3-4H3. The van der Waals surface area contributed by atoms with E-state index in [9.17, 15) is 0 Å². The van der Waals surface area contributed by atoms with Gasteiger partial charge in [-0.1, -0.05) is 31.7 Å². The van der Waals surface area contributed by atoms with E-state index in [2.05, 4.69) is 20.4 Å². The monoisotopic (exact) mass is 220 g/mol. The van der Waals surface area contributed by atoms with E-state index in [1.807, 2.05) is 25.1 Å². The van der Waals surface area contributed by atoms with Crippen LogP contribution in [0.5, 0.6) is 11.5 Å². The van der Waals surface area contributed by atoms with E-state index in [1.165, 1.54) is 0 Å². The Labute approximate surface area is 97.9 Å². The summed E-state index contributed by atoms with van der Waals surface area (Å²) in [5.74, 6) is 1.59. The normalized spacial score (nSPS) is 11.9. The van der Waals surface area contributed by atoms with Gasteiger partial charge in [-0.3, -0.25) is 0 Å². The predicted molar refractivity (Wildman–Crippen MR) is 68.1 cm³/mol. The van der Waals surface area contributed by atoms with Crippen molar-refractivity contribution in [3.05, 3.63) is 30.3 Å². The number of hydrogen-bond donors (Lipinski definition) is 0. The second-order valence-corrected chi connectivity index (χ2v) is 3.65. The van der Waals surface area contributed by atoms with Crippen molar-refractivity contribution in [3.63, 3.8) is 0 Å². The van der Waals surface area contributed by atoms with E-state index in [0.717, 1.165) is 23.5 Å². The smallest absolute Gasteiger partial charge is 0.168 e. The van der Waals surface area contributed by atoms with Crippen molar-refractivity contribution in [2.45, 2.75) is 33.3 Å². The van der Waals surface area contributed by atoms with Gasteiger partial charge in [0.1, 0.15) is 0 Å². The predicted octanol–water partition coefficient (Wildman–Crippen LogP) is 3.91. The zero-order chi connectivity index (χ0) is 12.0. The van der Waals surface area contributed by atoms with E-state index in [4.69, 9.17) is 9.47 Å². The Morgan fingerprint density at radius 3 is 2.69 bits per heavy atom. The number of ether oxygens (including phenoxy) is 2. The number of benzene rings is 1. The average Bonchev–Trinajstić information content (AvgIpc) is 2.31. The van der Waals surface area contributed by atoms with Crippen LogP contribution in [-0.2, 0) is 0 Å². The Balaban J connectivity index is 3.03. The number of rotatable bonds is 6. The molecular formula is C14H20O2. The third kappa shape index (κ3) is 3.02. The van der Waals surface area contributed by atoms with E-state index in [1.54, 1.807) is 6.08 Å². The molecule has 2 heteroatoms. The van der Waals surface area contributed by atoms with Crippen LogP contribution in [0, 0.1) is 0 Å². The first-order valence-electron chi connectivity index (χ1n) is 5.77. The van der Waals surface area contributed by atoms with Gasteiger partial charge in [0.25, 0.3) is 0 Å². The second kappa shape index (κ2) is 6.21. The molecule has 0 amide bonds. The minimum absolute atomic E-state index is 0.181. The van der Waals surface area contributed by atoms with Crippen molar-refractivity contribution in [3.8, 4) is 11.5 Å². The molecule has 88 valence electrons. The van der Waals surface area contributed by atoms with Gasteiger partial charge in [-0.25, -0.2) is 0 Å². The van der Waals surface area contributed by atoms with Gasteiger partial charge in [0.2, 0.25) is 0 Å². The van der Waals surface area contributed by atoms with E-state index < -0.39 is 0 Å². The molecule has 0 fully saturated rings. The van der Waals surface area contributed by atoms with Gasteiger partial charge in [-0.15, -0.1) is 0 Å². The summed E-state index contributed by atoms with van der Waals surface area (Å²) in [5.41, 5.74) is 0.978. The summed E-state index contributed by atoms with van der Waals surface area (Å²) in [6.45, 7) is 10.5. The van der Waals surface area contributed by atoms with Crippen LogP contribution in [0.25, 0.3) is 6.08 Å². The first-order valence-corrected chi connectivity index (χ1v) is 5.77. The van der Waals surface area contributed by atoms with Crippen LogP contribution < -0.4 is 9.47 Å². The van der Waals surface area contributed by atoms with Crippen LogP contribution in [0.2, 0.25) is 0 Å². The highest BCUT2D eigenvalue weighted by Crippen LogP contribution is 2.33. The third-order valence-electron chi connectivity index (χ3n) is 2.42. The maximum Gasteiger partial charge on any atom is 0.168 e. The molecule has 0 radical (unpaired) electrons. The van der Waals surface area contributed by atoms with Gasteiger partial charge < -0.3 is 9.47 Å². The Morgan fingerprint density at radius 2 is 2.12 bits per heavy atom. The molecule has 1 atom stereocenters. The Morgan fingerprint density at radius 1 is 1.38 bits per heavy atom. The topological polar surface area (TPSA) is 18.5 Å². The van der Waals surface area contributed by atoms with E-state index in [0.29, 0.717) is 6.61 Å². The van der Waals surface area contributed by atoms with Gasteiger partial charge in [-0.05, 0) is 26.3 Å². The van der Waals surface area contributed by atoms with Gasteiger partial charge in [0, 0.05) is 5.56 Å². The maximum atomic E-state index is 5.87. The van der Waals surface area contributed by atoms with Gasteiger partial charge in [0.05, 0.1) is 12.7 Å². The highest BCUT2D eigenvalue weighted by atomic mass is 16.5. The summed E-state index contributed by atoms with van der Waals surface area (Å²) in [7, 11) is 0. The van der Waals surface area contributed by atoms with Crippen LogP contribution in [0.4, 0.5) is 0 Å². The molecule has 0 aliphatic heterocycles. The van der Waals surface area contributed by atoms with Crippen molar-refractivity contribution in [1.29, 1.82) is 0 Å². The van der Waals surface area contributed by atoms with Gasteiger partial charge in [-0.2, -0.15) is 0 Å². The van der Waals surface area contributed by atoms with Crippen molar-refractivity contribution >= 4 is 6.08 Å². The van der Waals surface area contributed by atoms with Crippen molar-refractivity contribution < 1.29 is 9.47 Å². The summed E-state index contributed by atoms with van der Waals surface area (Å²) in [4.78, 5) is 0. The zero-order valence-corrected chi connectivity index (χ0v) is 10.3. The van der Waals surface area contributed by atoms with Gasteiger partial charge in [0.15, 0.2) is 11.5 Å². The van der Waals surface area contributed by atoms with Crippen molar-refractivity contribution in [1.82, 2.24) is 0 Å². The minimum atomic E-state index is 0.181. The lowest BCUT2D eigenvalue weighted by Gasteiger charge is -2.18. The van der Waals surface area contributed by atoms with Crippen LogP contribution >= 0.6 is 0 Å². The first-order chi connectivity index (χ1) is 7.72. The number of para-hydroxylation sites is 1. The molecule has 0 saturated heterocycles. The molecule has 1 aromatic rings. The fourth-order valence-electron chi connectivity index (χ4n) is 1.37. The molecule has 0 saturated carbocycles. The molecule has 0 aromatic heterocycles. The molecule has 0 spiro atoms. The van der Waals surface area contributed by atoms with Crippen LogP contribution in [0.3, 0.4) is 0 Å². The minimum Gasteiger partial charge on any atom is -0.490 e. The molecule has 0 bridgehead atoms. The van der Waals surface area contributed by atoms with Crippen molar-refractivity contribution in [2.24, 2.45) is 0 Å². The third-order valence-corrected chi connectivity index (χ3v) is 2.42. The summed E-state index contributed by atoms with van der Waals surface area (Å²) in [6, 6.07) is 5.85. The van der Waals surface area contributed by atoms with Crippen LogP contribution in [0.1, 0.15) is 32.8 Å². The molecule has 0 N–H and O–H groups in total. The molecule has 0 aliphatic carbocycles. The molecule has 1 rings (SSSR count). The molecule has 0 aliphatic rings. The largest absolute Gasteiger partial charge is 0.490 e. The molecule has 16 heavy (non-hydrogen) atoms. The highest BCUT2D eigenvalue weighted by Gasteiger charge is 2.11. The lowest BCUT2D eigenvalue weighted by atomic mass is 10.2. The molecule has 2 nitrogen and oxygen atoms in total. The molecule has 1 unspecified atom stereocenters. The van der Waals surface area contributed by atoms with Gasteiger partial charge >= 0.3 is 0 Å². The summed E-state index contributed by atoms with van der Waals surface area (Å²) < 4.78 is 11.4. The van der Waals surface area contributed by atoms with Crippen molar-refractivity contribution in [2.75, 3.05) is 6.61 Å². The Kier molecular flexibility index (Phi) is 4.90. The molecular weight excluding hydrogens is 200 g/mol. The first kappa shape index (κ1) is 12.6.